The van der Waals surface area contributed by atoms with Crippen molar-refractivity contribution in [2.45, 2.75) is 57.6 Å². The molecule has 1 unspecified atom stereocenters. The van der Waals surface area contributed by atoms with Crippen LogP contribution in [0.4, 0.5) is 0 Å². The Morgan fingerprint density at radius 1 is 1.25 bits per heavy atom. The Kier molecular flexibility index (Phi) is 3.88. The molecule has 0 bridgehead atoms. The summed E-state index contributed by atoms with van der Waals surface area (Å²) in [6.45, 7) is 9.22. The third kappa shape index (κ3) is 3.34. The van der Waals surface area contributed by atoms with E-state index >= 15 is 0 Å². The maximum Gasteiger partial charge on any atom is 0.229 e. The van der Waals surface area contributed by atoms with Gasteiger partial charge in [0.1, 0.15) is 6.10 Å². The zero-order valence-corrected chi connectivity index (χ0v) is 14.4. The fourth-order valence-corrected chi connectivity index (χ4v) is 2.79. The average Bonchev–Trinajstić information content (AvgIpc) is 3.08. The number of morpholine rings is 1. The minimum absolute atomic E-state index is 0.0764. The van der Waals surface area contributed by atoms with Crippen molar-refractivity contribution in [3.63, 3.8) is 0 Å². The summed E-state index contributed by atoms with van der Waals surface area (Å²) in [7, 11) is 0. The predicted molar refractivity (Wildman–Crippen MR) is 85.3 cm³/mol. The molecular weight excluding hydrogens is 308 g/mol. The van der Waals surface area contributed by atoms with Gasteiger partial charge >= 0.3 is 0 Å². The molecule has 8 nitrogen and oxygen atoms in total. The molecule has 2 aliphatic rings. The third-order valence-corrected chi connectivity index (χ3v) is 4.40. The second kappa shape index (κ2) is 5.93. The summed E-state index contributed by atoms with van der Waals surface area (Å²) in [5.41, 5.74) is -0.0764. The van der Waals surface area contributed by atoms with E-state index in [9.17, 15) is 0 Å². The van der Waals surface area contributed by atoms with Crippen LogP contribution in [0.25, 0.3) is 0 Å². The van der Waals surface area contributed by atoms with E-state index in [0.717, 1.165) is 36.5 Å². The monoisotopic (exact) mass is 332 g/mol. The van der Waals surface area contributed by atoms with Gasteiger partial charge in [-0.2, -0.15) is 10.1 Å². The highest BCUT2D eigenvalue weighted by Crippen LogP contribution is 2.38. The Labute approximate surface area is 141 Å². The van der Waals surface area contributed by atoms with Crippen LogP contribution in [0.2, 0.25) is 0 Å². The number of nitrogens with zero attached hydrogens (tertiary/aromatic N) is 5. The highest BCUT2D eigenvalue weighted by atomic mass is 16.5. The summed E-state index contributed by atoms with van der Waals surface area (Å²) >= 11 is 0. The van der Waals surface area contributed by atoms with Gasteiger partial charge in [0.25, 0.3) is 0 Å². The molecule has 4 rings (SSSR count). The SMILES string of the molecule is CC(C)(C)c1n[nH]c(C2CN(Cc3noc(C4CC4)n3)CCO2)n1. The maximum absolute atomic E-state index is 5.87. The molecule has 1 aliphatic carbocycles. The van der Waals surface area contributed by atoms with Crippen LogP contribution in [0.5, 0.6) is 0 Å². The van der Waals surface area contributed by atoms with Crippen molar-refractivity contribution in [3.8, 4) is 0 Å². The summed E-state index contributed by atoms with van der Waals surface area (Å²) < 4.78 is 11.2. The Hall–Kier alpha value is -1.80. The van der Waals surface area contributed by atoms with E-state index in [2.05, 4.69) is 51.0 Å². The first-order valence-electron chi connectivity index (χ1n) is 8.58. The molecule has 0 spiro atoms. The molecule has 0 aromatic carbocycles. The summed E-state index contributed by atoms with van der Waals surface area (Å²) in [6.07, 6.45) is 2.24. The van der Waals surface area contributed by atoms with Crippen molar-refractivity contribution in [1.82, 2.24) is 30.2 Å². The second-order valence-corrected chi connectivity index (χ2v) is 7.71. The summed E-state index contributed by atoms with van der Waals surface area (Å²) in [6, 6.07) is 0. The number of aromatic amines is 1. The van der Waals surface area contributed by atoms with E-state index in [4.69, 9.17) is 9.26 Å². The topological polar surface area (TPSA) is 93.0 Å². The van der Waals surface area contributed by atoms with Crippen LogP contribution in [0.3, 0.4) is 0 Å². The zero-order valence-electron chi connectivity index (χ0n) is 14.4. The maximum atomic E-state index is 5.87. The molecular formula is C16H24N6O2. The molecule has 24 heavy (non-hydrogen) atoms. The first kappa shape index (κ1) is 15.7. The molecule has 1 saturated carbocycles. The number of aromatic nitrogens is 5. The Morgan fingerprint density at radius 3 is 2.79 bits per heavy atom. The highest BCUT2D eigenvalue weighted by molar-refractivity contribution is 5.05. The fraction of sp³-hybridized carbons (Fsp3) is 0.750. The van der Waals surface area contributed by atoms with Crippen LogP contribution in [-0.2, 0) is 16.7 Å². The standard InChI is InChI=1S/C16H24N6O2/c1-16(2,3)15-18-13(19-20-15)11-8-22(6-7-23-11)9-12-17-14(24-21-12)10-4-5-10/h10-11H,4-9H2,1-3H3,(H,18,19,20). The molecule has 3 heterocycles. The van der Waals surface area contributed by atoms with Crippen molar-refractivity contribution in [3.05, 3.63) is 23.4 Å². The van der Waals surface area contributed by atoms with E-state index in [0.29, 0.717) is 19.1 Å². The normalized spacial score (nSPS) is 22.9. The average molecular weight is 332 g/mol. The summed E-state index contributed by atoms with van der Waals surface area (Å²) in [5, 5.41) is 11.5. The van der Waals surface area contributed by atoms with Gasteiger partial charge in [0.15, 0.2) is 17.5 Å². The quantitative estimate of drug-likeness (QED) is 0.914. The first-order valence-corrected chi connectivity index (χ1v) is 8.58. The minimum atomic E-state index is -0.0999. The second-order valence-electron chi connectivity index (χ2n) is 7.71. The number of rotatable bonds is 4. The minimum Gasteiger partial charge on any atom is -0.368 e. The van der Waals surface area contributed by atoms with Gasteiger partial charge in [0, 0.05) is 24.4 Å². The molecule has 8 heteroatoms. The molecule has 1 aliphatic heterocycles. The van der Waals surface area contributed by atoms with Crippen molar-refractivity contribution >= 4 is 0 Å². The molecule has 130 valence electrons. The number of hydrogen-bond donors (Lipinski definition) is 1. The van der Waals surface area contributed by atoms with Gasteiger partial charge in [0.2, 0.25) is 5.89 Å². The van der Waals surface area contributed by atoms with Crippen LogP contribution in [0.15, 0.2) is 4.52 Å². The van der Waals surface area contributed by atoms with Gasteiger partial charge in [-0.05, 0) is 12.8 Å². The third-order valence-electron chi connectivity index (χ3n) is 4.40. The summed E-state index contributed by atoms with van der Waals surface area (Å²) in [5.74, 6) is 3.64. The van der Waals surface area contributed by atoms with Gasteiger partial charge in [-0.25, -0.2) is 4.98 Å². The smallest absolute Gasteiger partial charge is 0.229 e. The molecule has 2 aromatic heterocycles. The molecule has 1 saturated heterocycles. The molecule has 1 atom stereocenters. The molecule has 0 radical (unpaired) electrons. The predicted octanol–water partition coefficient (Wildman–Crippen LogP) is 1.94. The van der Waals surface area contributed by atoms with Crippen molar-refractivity contribution in [2.75, 3.05) is 19.7 Å². The Morgan fingerprint density at radius 2 is 2.08 bits per heavy atom. The molecule has 1 N–H and O–H groups in total. The van der Waals surface area contributed by atoms with Crippen LogP contribution < -0.4 is 0 Å². The summed E-state index contributed by atoms with van der Waals surface area (Å²) in [4.78, 5) is 11.4. The first-order chi connectivity index (χ1) is 11.5. The number of H-pyrrole nitrogens is 1. The van der Waals surface area contributed by atoms with E-state index in [-0.39, 0.29) is 11.5 Å². The van der Waals surface area contributed by atoms with Gasteiger partial charge in [-0.3, -0.25) is 10.00 Å². The van der Waals surface area contributed by atoms with Gasteiger partial charge in [-0.15, -0.1) is 0 Å². The van der Waals surface area contributed by atoms with Gasteiger partial charge < -0.3 is 9.26 Å². The van der Waals surface area contributed by atoms with Crippen LogP contribution in [0, 0.1) is 0 Å². The lowest BCUT2D eigenvalue weighted by atomic mass is 9.96. The van der Waals surface area contributed by atoms with Gasteiger partial charge in [-0.1, -0.05) is 25.9 Å². The lowest BCUT2D eigenvalue weighted by Crippen LogP contribution is -2.38. The fourth-order valence-electron chi connectivity index (χ4n) is 2.79. The van der Waals surface area contributed by atoms with Gasteiger partial charge in [0.05, 0.1) is 13.2 Å². The number of ether oxygens (including phenoxy) is 1. The number of nitrogens with one attached hydrogen (secondary N) is 1. The molecule has 2 aromatic rings. The van der Waals surface area contributed by atoms with Crippen LogP contribution in [0.1, 0.15) is 69.0 Å². The highest BCUT2D eigenvalue weighted by Gasteiger charge is 2.31. The molecule has 0 amide bonds. The van der Waals surface area contributed by atoms with Crippen molar-refractivity contribution < 1.29 is 9.26 Å². The van der Waals surface area contributed by atoms with Crippen LogP contribution in [-0.4, -0.2) is 49.9 Å². The lowest BCUT2D eigenvalue weighted by molar-refractivity contribution is -0.0379. The van der Waals surface area contributed by atoms with E-state index in [1.165, 1.54) is 12.8 Å². The van der Waals surface area contributed by atoms with Crippen LogP contribution >= 0.6 is 0 Å². The Bertz CT molecular complexity index is 699. The van der Waals surface area contributed by atoms with E-state index < -0.39 is 0 Å². The molecule has 2 fully saturated rings. The largest absolute Gasteiger partial charge is 0.368 e. The Balaban J connectivity index is 1.40. The van der Waals surface area contributed by atoms with E-state index in [1.54, 1.807) is 0 Å². The lowest BCUT2D eigenvalue weighted by Gasteiger charge is -2.30. The van der Waals surface area contributed by atoms with Crippen molar-refractivity contribution in [2.24, 2.45) is 0 Å². The van der Waals surface area contributed by atoms with Crippen molar-refractivity contribution in [1.29, 1.82) is 0 Å². The van der Waals surface area contributed by atoms with E-state index in [1.807, 2.05) is 0 Å². The zero-order chi connectivity index (χ0) is 16.7. The number of hydrogen-bond acceptors (Lipinski definition) is 7.